The number of hydrogen-bond donors (Lipinski definition) is 0. The molecule has 3 heteroatoms. The van der Waals surface area contributed by atoms with E-state index in [-0.39, 0.29) is 17.9 Å². The lowest BCUT2D eigenvalue weighted by Gasteiger charge is -2.11. The lowest BCUT2D eigenvalue weighted by Crippen LogP contribution is -2.12. The number of hydrogen-bond acceptors (Lipinski definition) is 3. The first kappa shape index (κ1) is 17.9. The van der Waals surface area contributed by atoms with Gasteiger partial charge in [-0.25, -0.2) is 0 Å². The Labute approximate surface area is 143 Å². The number of esters is 1. The van der Waals surface area contributed by atoms with E-state index in [4.69, 9.17) is 4.74 Å². The molecule has 0 saturated carbocycles. The average molecular weight is 324 g/mol. The zero-order valence-electron chi connectivity index (χ0n) is 14.5. The summed E-state index contributed by atoms with van der Waals surface area (Å²) >= 11 is 0. The van der Waals surface area contributed by atoms with Crippen molar-refractivity contribution in [2.24, 2.45) is 0 Å². The number of rotatable bonds is 7. The van der Waals surface area contributed by atoms with Gasteiger partial charge in [0.2, 0.25) is 0 Å². The van der Waals surface area contributed by atoms with E-state index < -0.39 is 0 Å². The summed E-state index contributed by atoms with van der Waals surface area (Å²) < 4.78 is 5.13. The summed E-state index contributed by atoms with van der Waals surface area (Å²) in [6.07, 6.45) is 2.80. The highest BCUT2D eigenvalue weighted by molar-refractivity contribution is 5.94. The molecule has 0 spiro atoms. The van der Waals surface area contributed by atoms with Crippen molar-refractivity contribution >= 4 is 11.8 Å². The highest BCUT2D eigenvalue weighted by Crippen LogP contribution is 2.21. The zero-order valence-corrected chi connectivity index (χ0v) is 14.5. The Morgan fingerprint density at radius 2 is 1.46 bits per heavy atom. The van der Waals surface area contributed by atoms with E-state index in [0.29, 0.717) is 0 Å². The molecule has 0 heterocycles. The molecule has 2 rings (SSSR count). The number of benzene rings is 2. The van der Waals surface area contributed by atoms with Crippen LogP contribution in [0.25, 0.3) is 11.1 Å². The van der Waals surface area contributed by atoms with Crippen LogP contribution in [-0.2, 0) is 16.0 Å². The molecule has 2 aromatic rings. The van der Waals surface area contributed by atoms with Crippen molar-refractivity contribution in [1.29, 1.82) is 0 Å². The van der Waals surface area contributed by atoms with Gasteiger partial charge in [0, 0.05) is 12.5 Å². The molecule has 0 N–H and O–H groups in total. The van der Waals surface area contributed by atoms with E-state index in [1.807, 2.05) is 31.2 Å². The summed E-state index contributed by atoms with van der Waals surface area (Å²) in [7, 11) is 0. The molecule has 0 saturated heterocycles. The molecule has 3 nitrogen and oxygen atoms in total. The molecule has 0 aromatic heterocycles. The minimum Gasteiger partial charge on any atom is -0.463 e. The quantitative estimate of drug-likeness (QED) is 0.541. The molecule has 0 aliphatic rings. The fourth-order valence-electron chi connectivity index (χ4n) is 2.70. The fraction of sp³-hybridized carbons (Fsp3) is 0.333. The minimum atomic E-state index is -0.220. The van der Waals surface area contributed by atoms with Crippen LogP contribution in [0.4, 0.5) is 0 Å². The predicted octanol–water partition coefficient (Wildman–Crippen LogP) is 4.83. The van der Waals surface area contributed by atoms with Crippen molar-refractivity contribution in [2.75, 3.05) is 0 Å². The average Bonchev–Trinajstić information content (AvgIpc) is 2.55. The van der Waals surface area contributed by atoms with Gasteiger partial charge in [0.15, 0.2) is 5.78 Å². The summed E-state index contributed by atoms with van der Waals surface area (Å²) in [5.41, 5.74) is 4.25. The topological polar surface area (TPSA) is 43.4 Å². The molecular formula is C21H24O3. The Morgan fingerprint density at radius 3 is 1.96 bits per heavy atom. The Kier molecular flexibility index (Phi) is 6.30. The van der Waals surface area contributed by atoms with Crippen LogP contribution >= 0.6 is 0 Å². The van der Waals surface area contributed by atoms with Crippen molar-refractivity contribution < 1.29 is 14.3 Å². The van der Waals surface area contributed by atoms with E-state index in [1.54, 1.807) is 6.92 Å². The molecule has 0 aliphatic carbocycles. The van der Waals surface area contributed by atoms with Gasteiger partial charge in [-0.1, -0.05) is 48.5 Å². The van der Waals surface area contributed by atoms with Crippen molar-refractivity contribution in [3.63, 3.8) is 0 Å². The Balaban J connectivity index is 1.90. The van der Waals surface area contributed by atoms with Crippen molar-refractivity contribution in [2.45, 2.75) is 46.1 Å². The fourth-order valence-corrected chi connectivity index (χ4v) is 2.70. The van der Waals surface area contributed by atoms with E-state index in [2.05, 4.69) is 24.3 Å². The summed E-state index contributed by atoms with van der Waals surface area (Å²) in [6, 6.07) is 16.2. The van der Waals surface area contributed by atoms with Gasteiger partial charge >= 0.3 is 5.97 Å². The minimum absolute atomic E-state index is 0.0263. The van der Waals surface area contributed by atoms with Crippen molar-refractivity contribution in [1.82, 2.24) is 0 Å². The van der Waals surface area contributed by atoms with Crippen LogP contribution in [0.5, 0.6) is 0 Å². The first-order chi connectivity index (χ1) is 11.5. The molecule has 0 amide bonds. The summed E-state index contributed by atoms with van der Waals surface area (Å²) in [5.74, 6) is -0.137. The van der Waals surface area contributed by atoms with Gasteiger partial charge in [0.05, 0.1) is 6.10 Å². The van der Waals surface area contributed by atoms with E-state index in [9.17, 15) is 9.59 Å². The van der Waals surface area contributed by atoms with Gasteiger partial charge in [0.25, 0.3) is 0 Å². The maximum Gasteiger partial charge on any atom is 0.302 e. The van der Waals surface area contributed by atoms with Crippen molar-refractivity contribution in [3.8, 4) is 11.1 Å². The van der Waals surface area contributed by atoms with Crippen LogP contribution in [-0.4, -0.2) is 17.9 Å². The molecule has 0 bridgehead atoms. The van der Waals surface area contributed by atoms with Crippen molar-refractivity contribution in [3.05, 3.63) is 59.7 Å². The summed E-state index contributed by atoms with van der Waals surface area (Å²) in [4.78, 5) is 22.2. The standard InChI is InChI=1S/C21H24O3/c1-15(24-17(3)23)5-4-6-18-7-9-20(10-8-18)21-13-11-19(12-14-21)16(2)22/h7-15H,4-6H2,1-3H3. The number of carbonyl (C=O) groups is 2. The van der Waals surface area contributed by atoms with Gasteiger partial charge in [-0.15, -0.1) is 0 Å². The predicted molar refractivity (Wildman–Crippen MR) is 96.0 cm³/mol. The highest BCUT2D eigenvalue weighted by Gasteiger charge is 2.06. The van der Waals surface area contributed by atoms with Crippen LogP contribution in [0, 0.1) is 0 Å². The second-order valence-corrected chi connectivity index (χ2v) is 6.14. The second-order valence-electron chi connectivity index (χ2n) is 6.14. The second kappa shape index (κ2) is 8.44. The Bertz CT molecular complexity index is 684. The van der Waals surface area contributed by atoms with E-state index in [1.165, 1.54) is 12.5 Å². The Hall–Kier alpha value is -2.42. The smallest absolute Gasteiger partial charge is 0.302 e. The molecule has 1 atom stereocenters. The van der Waals surface area contributed by atoms with Gasteiger partial charge in [-0.3, -0.25) is 9.59 Å². The third kappa shape index (κ3) is 5.34. The molecule has 2 aromatic carbocycles. The molecule has 24 heavy (non-hydrogen) atoms. The number of ketones is 1. The molecule has 0 aliphatic heterocycles. The molecule has 0 fully saturated rings. The van der Waals surface area contributed by atoms with Gasteiger partial charge in [-0.05, 0) is 49.8 Å². The molecule has 126 valence electrons. The zero-order chi connectivity index (χ0) is 17.5. The van der Waals surface area contributed by atoms with Crippen LogP contribution < -0.4 is 0 Å². The van der Waals surface area contributed by atoms with Crippen LogP contribution in [0.1, 0.15) is 49.5 Å². The van der Waals surface area contributed by atoms with E-state index in [0.717, 1.165) is 36.0 Å². The highest BCUT2D eigenvalue weighted by atomic mass is 16.5. The third-order valence-corrected chi connectivity index (χ3v) is 4.02. The van der Waals surface area contributed by atoms with Gasteiger partial charge in [-0.2, -0.15) is 0 Å². The maximum absolute atomic E-state index is 11.3. The first-order valence-corrected chi connectivity index (χ1v) is 8.33. The van der Waals surface area contributed by atoms with Crippen LogP contribution in [0.3, 0.4) is 0 Å². The normalized spacial score (nSPS) is 11.8. The third-order valence-electron chi connectivity index (χ3n) is 4.02. The number of carbonyl (C=O) groups excluding carboxylic acids is 2. The number of Topliss-reactive ketones (excluding diaryl/α,β-unsaturated/α-hetero) is 1. The lowest BCUT2D eigenvalue weighted by atomic mass is 10.00. The maximum atomic E-state index is 11.3. The monoisotopic (exact) mass is 324 g/mol. The van der Waals surface area contributed by atoms with Crippen LogP contribution in [0.2, 0.25) is 0 Å². The lowest BCUT2D eigenvalue weighted by molar-refractivity contribution is -0.145. The molecule has 1 unspecified atom stereocenters. The number of ether oxygens (including phenoxy) is 1. The Morgan fingerprint density at radius 1 is 0.917 bits per heavy atom. The molecule has 0 radical (unpaired) electrons. The first-order valence-electron chi connectivity index (χ1n) is 8.33. The van der Waals surface area contributed by atoms with Gasteiger partial charge < -0.3 is 4.74 Å². The number of aryl methyl sites for hydroxylation is 1. The molecular weight excluding hydrogens is 300 g/mol. The van der Waals surface area contributed by atoms with Crippen LogP contribution in [0.15, 0.2) is 48.5 Å². The summed E-state index contributed by atoms with van der Waals surface area (Å²) in [5, 5.41) is 0. The van der Waals surface area contributed by atoms with Gasteiger partial charge in [0.1, 0.15) is 0 Å². The SMILES string of the molecule is CC(=O)OC(C)CCCc1ccc(-c2ccc(C(C)=O)cc2)cc1. The largest absolute Gasteiger partial charge is 0.463 e. The van der Waals surface area contributed by atoms with E-state index >= 15 is 0 Å². The summed E-state index contributed by atoms with van der Waals surface area (Å²) in [6.45, 7) is 4.94.